The van der Waals surface area contributed by atoms with Crippen LogP contribution in [0, 0.1) is 12.8 Å². The van der Waals surface area contributed by atoms with Crippen LogP contribution in [0.2, 0.25) is 0 Å². The van der Waals surface area contributed by atoms with E-state index in [0.29, 0.717) is 5.92 Å². The van der Waals surface area contributed by atoms with Gasteiger partial charge in [0.05, 0.1) is 10.6 Å². The van der Waals surface area contributed by atoms with Crippen molar-refractivity contribution in [2.75, 3.05) is 13.1 Å². The number of aryl methyl sites for hydroxylation is 1. The largest absolute Gasteiger partial charge is 0.338 e. The van der Waals surface area contributed by atoms with E-state index in [1.807, 2.05) is 17.9 Å². The van der Waals surface area contributed by atoms with Crippen LogP contribution in [0.1, 0.15) is 42.1 Å². The van der Waals surface area contributed by atoms with Gasteiger partial charge in [-0.05, 0) is 31.7 Å². The van der Waals surface area contributed by atoms with Crippen LogP contribution < -0.4 is 0 Å². The second-order valence-corrected chi connectivity index (χ2v) is 7.02. The second kappa shape index (κ2) is 5.20. The highest BCUT2D eigenvalue weighted by molar-refractivity contribution is 7.20. The molecule has 108 valence electrons. The molecular weight excluding hydrogens is 270 g/mol. The first kappa shape index (κ1) is 13.6. The normalized spacial score (nSPS) is 15.7. The molecular formula is C15H21N3OS. The number of likely N-dealkylation sites (tertiary alicyclic amines) is 1. The third-order valence-corrected chi connectivity index (χ3v) is 4.89. The fraction of sp³-hybridized carbons (Fsp3) is 0.600. The number of carbonyl (C=O) groups excluding carboxylic acids is 1. The predicted molar refractivity (Wildman–Crippen MR) is 82.3 cm³/mol. The molecule has 4 nitrogen and oxygen atoms in total. The van der Waals surface area contributed by atoms with Crippen LogP contribution in [-0.4, -0.2) is 33.7 Å². The van der Waals surface area contributed by atoms with Gasteiger partial charge in [0.15, 0.2) is 0 Å². The van der Waals surface area contributed by atoms with Crippen LogP contribution in [0.4, 0.5) is 0 Å². The molecule has 5 heteroatoms. The summed E-state index contributed by atoms with van der Waals surface area (Å²) in [4.78, 5) is 16.4. The number of hydrogen-bond acceptors (Lipinski definition) is 3. The first-order chi connectivity index (χ1) is 9.56. The molecule has 0 aromatic carbocycles. The van der Waals surface area contributed by atoms with E-state index in [4.69, 9.17) is 0 Å². The van der Waals surface area contributed by atoms with E-state index in [2.05, 4.69) is 23.6 Å². The molecule has 0 saturated carbocycles. The second-order valence-electron chi connectivity index (χ2n) is 5.99. The fourth-order valence-electron chi connectivity index (χ4n) is 2.76. The maximum Gasteiger partial charge on any atom is 0.264 e. The maximum absolute atomic E-state index is 12.5. The third kappa shape index (κ3) is 2.35. The average molecular weight is 291 g/mol. The van der Waals surface area contributed by atoms with Crippen molar-refractivity contribution in [2.24, 2.45) is 5.92 Å². The summed E-state index contributed by atoms with van der Waals surface area (Å²) in [5.74, 6) is 0.747. The number of amides is 1. The Morgan fingerprint density at radius 3 is 2.75 bits per heavy atom. The zero-order valence-corrected chi connectivity index (χ0v) is 13.2. The van der Waals surface area contributed by atoms with E-state index >= 15 is 0 Å². The summed E-state index contributed by atoms with van der Waals surface area (Å²) in [5, 5.41) is 5.73. The SMILES string of the molecule is Cc1nn(CC(C)C)c2sc(C(=O)N3CCCC3)cc12. The lowest BCUT2D eigenvalue weighted by Gasteiger charge is -2.13. The lowest BCUT2D eigenvalue weighted by Crippen LogP contribution is -2.26. The molecule has 3 rings (SSSR count). The summed E-state index contributed by atoms with van der Waals surface area (Å²) in [6.07, 6.45) is 2.27. The van der Waals surface area contributed by atoms with E-state index in [0.717, 1.165) is 53.3 Å². The molecule has 2 aromatic rings. The standard InChI is InChI=1S/C15H21N3OS/c1-10(2)9-18-15-12(11(3)16-18)8-13(20-15)14(19)17-6-4-5-7-17/h8,10H,4-7,9H2,1-3H3. The summed E-state index contributed by atoms with van der Waals surface area (Å²) < 4.78 is 2.06. The van der Waals surface area contributed by atoms with Crippen LogP contribution in [0.5, 0.6) is 0 Å². The quantitative estimate of drug-likeness (QED) is 0.870. The summed E-state index contributed by atoms with van der Waals surface area (Å²) in [7, 11) is 0. The molecule has 0 radical (unpaired) electrons. The lowest BCUT2D eigenvalue weighted by molar-refractivity contribution is 0.0797. The lowest BCUT2D eigenvalue weighted by atomic mass is 10.2. The van der Waals surface area contributed by atoms with Gasteiger partial charge < -0.3 is 4.90 Å². The van der Waals surface area contributed by atoms with Crippen LogP contribution in [0.15, 0.2) is 6.07 Å². The Morgan fingerprint density at radius 2 is 2.10 bits per heavy atom. The predicted octanol–water partition coefficient (Wildman–Crippen LogP) is 3.30. The molecule has 1 aliphatic heterocycles. The summed E-state index contributed by atoms with van der Waals surface area (Å²) >= 11 is 1.59. The fourth-order valence-corrected chi connectivity index (χ4v) is 3.90. The van der Waals surface area contributed by atoms with Crippen LogP contribution in [0.3, 0.4) is 0 Å². The number of thiophene rings is 1. The van der Waals surface area contributed by atoms with Crippen molar-refractivity contribution in [1.82, 2.24) is 14.7 Å². The van der Waals surface area contributed by atoms with Gasteiger partial charge in [0.1, 0.15) is 4.83 Å². The molecule has 20 heavy (non-hydrogen) atoms. The van der Waals surface area contributed by atoms with Crippen LogP contribution >= 0.6 is 11.3 Å². The van der Waals surface area contributed by atoms with Gasteiger partial charge in [0.2, 0.25) is 0 Å². The molecule has 0 aliphatic carbocycles. The molecule has 1 aliphatic rings. The molecule has 0 unspecified atom stereocenters. The van der Waals surface area contributed by atoms with E-state index in [9.17, 15) is 4.79 Å². The Kier molecular flexibility index (Phi) is 3.54. The Hall–Kier alpha value is -1.36. The van der Waals surface area contributed by atoms with E-state index in [-0.39, 0.29) is 5.91 Å². The van der Waals surface area contributed by atoms with Crippen molar-refractivity contribution >= 4 is 27.5 Å². The van der Waals surface area contributed by atoms with Gasteiger partial charge in [-0.15, -0.1) is 11.3 Å². The zero-order valence-electron chi connectivity index (χ0n) is 12.3. The minimum atomic E-state index is 0.194. The molecule has 2 aromatic heterocycles. The van der Waals surface area contributed by atoms with Gasteiger partial charge in [-0.1, -0.05) is 13.8 Å². The summed E-state index contributed by atoms with van der Waals surface area (Å²) in [6.45, 7) is 9.12. The zero-order chi connectivity index (χ0) is 14.3. The maximum atomic E-state index is 12.5. The molecule has 1 saturated heterocycles. The Morgan fingerprint density at radius 1 is 1.40 bits per heavy atom. The minimum Gasteiger partial charge on any atom is -0.338 e. The number of carbonyl (C=O) groups is 1. The summed E-state index contributed by atoms with van der Waals surface area (Å²) in [6, 6.07) is 2.03. The highest BCUT2D eigenvalue weighted by atomic mass is 32.1. The molecule has 0 atom stereocenters. The summed E-state index contributed by atoms with van der Waals surface area (Å²) in [5.41, 5.74) is 1.03. The number of aromatic nitrogens is 2. The van der Waals surface area contributed by atoms with Gasteiger partial charge in [-0.25, -0.2) is 0 Å². The van der Waals surface area contributed by atoms with E-state index in [1.54, 1.807) is 11.3 Å². The van der Waals surface area contributed by atoms with Gasteiger partial charge >= 0.3 is 0 Å². The molecule has 1 amide bonds. The van der Waals surface area contributed by atoms with Crippen LogP contribution in [-0.2, 0) is 6.54 Å². The van der Waals surface area contributed by atoms with E-state index < -0.39 is 0 Å². The third-order valence-electron chi connectivity index (χ3n) is 3.75. The number of fused-ring (bicyclic) bond motifs is 1. The molecule has 0 bridgehead atoms. The van der Waals surface area contributed by atoms with Crippen molar-refractivity contribution in [2.45, 2.75) is 40.2 Å². The first-order valence-corrected chi connectivity index (χ1v) is 8.14. The molecule has 0 spiro atoms. The average Bonchev–Trinajstić information content (AvgIpc) is 3.09. The van der Waals surface area contributed by atoms with Gasteiger partial charge in [-0.3, -0.25) is 9.48 Å². The van der Waals surface area contributed by atoms with E-state index in [1.165, 1.54) is 0 Å². The highest BCUT2D eigenvalue weighted by Crippen LogP contribution is 2.30. The van der Waals surface area contributed by atoms with Crippen LogP contribution in [0.25, 0.3) is 10.2 Å². The Balaban J connectivity index is 1.95. The molecule has 1 fully saturated rings. The Labute approximate surface area is 123 Å². The topological polar surface area (TPSA) is 38.1 Å². The van der Waals surface area contributed by atoms with Crippen molar-refractivity contribution < 1.29 is 4.79 Å². The smallest absolute Gasteiger partial charge is 0.264 e. The van der Waals surface area contributed by atoms with Crippen molar-refractivity contribution in [3.8, 4) is 0 Å². The van der Waals surface area contributed by atoms with Gasteiger partial charge in [0.25, 0.3) is 5.91 Å². The minimum absolute atomic E-state index is 0.194. The van der Waals surface area contributed by atoms with Crippen molar-refractivity contribution in [1.29, 1.82) is 0 Å². The van der Waals surface area contributed by atoms with Gasteiger partial charge in [-0.2, -0.15) is 5.10 Å². The van der Waals surface area contributed by atoms with Gasteiger partial charge in [0, 0.05) is 25.0 Å². The number of hydrogen-bond donors (Lipinski definition) is 0. The molecule has 0 N–H and O–H groups in total. The first-order valence-electron chi connectivity index (χ1n) is 7.32. The highest BCUT2D eigenvalue weighted by Gasteiger charge is 2.23. The number of nitrogens with zero attached hydrogens (tertiary/aromatic N) is 3. The molecule has 3 heterocycles. The Bertz CT molecular complexity index is 635. The number of rotatable bonds is 3. The monoisotopic (exact) mass is 291 g/mol. The van der Waals surface area contributed by atoms with Crippen molar-refractivity contribution in [3.05, 3.63) is 16.6 Å². The van der Waals surface area contributed by atoms with Crippen molar-refractivity contribution in [3.63, 3.8) is 0 Å².